The number of aliphatic carboxylic acids is 1. The van der Waals surface area contributed by atoms with Gasteiger partial charge in [-0.25, -0.2) is 4.39 Å². The van der Waals surface area contributed by atoms with E-state index >= 15 is 0 Å². The molecule has 0 radical (unpaired) electrons. The van der Waals surface area contributed by atoms with Gasteiger partial charge in [0, 0.05) is 0 Å². The minimum Gasteiger partial charge on any atom is -0.480 e. The zero-order chi connectivity index (χ0) is 13.3. The summed E-state index contributed by atoms with van der Waals surface area (Å²) in [5.74, 6) is -1.86. The van der Waals surface area contributed by atoms with Crippen molar-refractivity contribution in [2.75, 3.05) is 25.0 Å². The van der Waals surface area contributed by atoms with Crippen LogP contribution in [0.4, 0.5) is 10.1 Å². The molecule has 0 aliphatic carbocycles. The average molecular weight is 252 g/mol. The molecule has 6 heteroatoms. The third-order valence-corrected chi connectivity index (χ3v) is 3.00. The van der Waals surface area contributed by atoms with Gasteiger partial charge in [0.05, 0.1) is 18.8 Å². The first-order chi connectivity index (χ1) is 8.50. The smallest absolute Gasteiger partial charge is 0.322 e. The molecule has 0 bridgehead atoms. The van der Waals surface area contributed by atoms with Crippen LogP contribution in [0.1, 0.15) is 0 Å². The Labute approximate surface area is 103 Å². The number of rotatable bonds is 2. The summed E-state index contributed by atoms with van der Waals surface area (Å²) in [4.78, 5) is 25.5. The van der Waals surface area contributed by atoms with Crippen molar-refractivity contribution < 1.29 is 19.1 Å². The summed E-state index contributed by atoms with van der Waals surface area (Å²) in [5, 5.41) is 9.06. The Kier molecular flexibility index (Phi) is 3.29. The average Bonchev–Trinajstić information content (AvgIpc) is 2.30. The van der Waals surface area contributed by atoms with Crippen LogP contribution >= 0.6 is 0 Å². The number of piperazine rings is 1. The molecule has 0 spiro atoms. The van der Waals surface area contributed by atoms with Gasteiger partial charge in [0.2, 0.25) is 5.91 Å². The molecular weight excluding hydrogens is 239 g/mol. The molecule has 1 amide bonds. The lowest BCUT2D eigenvalue weighted by Crippen LogP contribution is -2.58. The SMILES string of the molecule is CN1CC(=O)N(c2ccccc2F)CC1C(=O)O. The summed E-state index contributed by atoms with van der Waals surface area (Å²) in [6.45, 7) is -0.0864. The summed E-state index contributed by atoms with van der Waals surface area (Å²) in [5.41, 5.74) is 0.127. The second kappa shape index (κ2) is 4.73. The van der Waals surface area contributed by atoms with E-state index in [0.29, 0.717) is 0 Å². The van der Waals surface area contributed by atoms with Gasteiger partial charge in [-0.1, -0.05) is 12.1 Å². The number of benzene rings is 1. The number of para-hydroxylation sites is 1. The van der Waals surface area contributed by atoms with E-state index in [4.69, 9.17) is 5.11 Å². The number of anilines is 1. The number of nitrogens with zero attached hydrogens (tertiary/aromatic N) is 2. The van der Waals surface area contributed by atoms with Crippen molar-refractivity contribution in [2.45, 2.75) is 6.04 Å². The Hall–Kier alpha value is -1.95. The Morgan fingerprint density at radius 2 is 2.11 bits per heavy atom. The van der Waals surface area contributed by atoms with E-state index in [1.807, 2.05) is 0 Å². The van der Waals surface area contributed by atoms with E-state index in [2.05, 4.69) is 0 Å². The van der Waals surface area contributed by atoms with Crippen molar-refractivity contribution in [2.24, 2.45) is 0 Å². The zero-order valence-corrected chi connectivity index (χ0v) is 9.84. The molecule has 2 rings (SSSR count). The summed E-state index contributed by atoms with van der Waals surface area (Å²) in [6.07, 6.45) is 0. The summed E-state index contributed by atoms with van der Waals surface area (Å²) in [6, 6.07) is 5.03. The number of hydrogen-bond acceptors (Lipinski definition) is 3. The first-order valence-electron chi connectivity index (χ1n) is 5.48. The predicted octanol–water partition coefficient (Wildman–Crippen LogP) is 0.557. The fraction of sp³-hybridized carbons (Fsp3) is 0.333. The molecule has 1 saturated heterocycles. The van der Waals surface area contributed by atoms with Gasteiger partial charge in [-0.05, 0) is 19.2 Å². The lowest BCUT2D eigenvalue weighted by molar-refractivity contribution is -0.144. The largest absolute Gasteiger partial charge is 0.480 e. The zero-order valence-electron chi connectivity index (χ0n) is 9.84. The van der Waals surface area contributed by atoms with Crippen LogP contribution in [-0.4, -0.2) is 48.1 Å². The first kappa shape index (κ1) is 12.5. The Balaban J connectivity index is 2.30. The van der Waals surface area contributed by atoms with E-state index in [1.54, 1.807) is 13.1 Å². The number of carbonyl (C=O) groups excluding carboxylic acids is 1. The molecule has 1 unspecified atom stereocenters. The number of carboxylic acid groups (broad SMARTS) is 1. The van der Waals surface area contributed by atoms with Crippen LogP contribution in [0.25, 0.3) is 0 Å². The molecular formula is C12H13FN2O3. The molecule has 1 heterocycles. The standard InChI is InChI=1S/C12H13FN2O3/c1-14-7-11(16)15(6-10(14)12(17)18)9-5-3-2-4-8(9)13/h2-5,10H,6-7H2,1H3,(H,17,18). The molecule has 5 nitrogen and oxygen atoms in total. The van der Waals surface area contributed by atoms with Crippen molar-refractivity contribution in [3.8, 4) is 0 Å². The first-order valence-corrected chi connectivity index (χ1v) is 5.48. The Morgan fingerprint density at radius 1 is 1.44 bits per heavy atom. The molecule has 0 aromatic heterocycles. The maximum Gasteiger partial charge on any atom is 0.322 e. The van der Waals surface area contributed by atoms with E-state index in [9.17, 15) is 14.0 Å². The number of carbonyl (C=O) groups is 2. The molecule has 1 atom stereocenters. The topological polar surface area (TPSA) is 60.9 Å². The highest BCUT2D eigenvalue weighted by Crippen LogP contribution is 2.22. The Morgan fingerprint density at radius 3 is 2.72 bits per heavy atom. The third-order valence-electron chi connectivity index (χ3n) is 3.00. The Bertz CT molecular complexity index is 492. The number of likely N-dealkylation sites (N-methyl/N-ethyl adjacent to an activating group) is 1. The van der Waals surface area contributed by atoms with E-state index in [0.717, 1.165) is 0 Å². The minimum absolute atomic E-state index is 0.0364. The lowest BCUT2D eigenvalue weighted by Gasteiger charge is -2.36. The number of carboxylic acids is 1. The van der Waals surface area contributed by atoms with E-state index in [-0.39, 0.29) is 24.7 Å². The molecule has 1 aliphatic rings. The van der Waals surface area contributed by atoms with Gasteiger partial charge in [-0.3, -0.25) is 14.5 Å². The predicted molar refractivity (Wildman–Crippen MR) is 62.8 cm³/mol. The lowest BCUT2D eigenvalue weighted by atomic mass is 10.1. The number of halogens is 1. The summed E-state index contributed by atoms with van der Waals surface area (Å²) >= 11 is 0. The quantitative estimate of drug-likeness (QED) is 0.835. The van der Waals surface area contributed by atoms with Gasteiger partial charge in [0.1, 0.15) is 11.9 Å². The highest BCUT2D eigenvalue weighted by Gasteiger charge is 2.35. The van der Waals surface area contributed by atoms with Gasteiger partial charge < -0.3 is 10.0 Å². The van der Waals surface area contributed by atoms with Crippen molar-refractivity contribution in [1.82, 2.24) is 4.90 Å². The molecule has 96 valence electrons. The highest BCUT2D eigenvalue weighted by atomic mass is 19.1. The van der Waals surface area contributed by atoms with E-state index in [1.165, 1.54) is 28.0 Å². The van der Waals surface area contributed by atoms with Crippen LogP contribution in [0.2, 0.25) is 0 Å². The van der Waals surface area contributed by atoms with Crippen molar-refractivity contribution in [3.63, 3.8) is 0 Å². The fourth-order valence-electron chi connectivity index (χ4n) is 1.99. The van der Waals surface area contributed by atoms with Crippen LogP contribution < -0.4 is 4.90 Å². The highest BCUT2D eigenvalue weighted by molar-refractivity contribution is 5.97. The molecule has 18 heavy (non-hydrogen) atoms. The maximum absolute atomic E-state index is 13.6. The number of hydrogen-bond donors (Lipinski definition) is 1. The van der Waals surface area contributed by atoms with Gasteiger partial charge in [0.15, 0.2) is 0 Å². The van der Waals surface area contributed by atoms with Gasteiger partial charge in [-0.15, -0.1) is 0 Å². The van der Waals surface area contributed by atoms with Crippen molar-refractivity contribution >= 4 is 17.6 Å². The van der Waals surface area contributed by atoms with Crippen molar-refractivity contribution in [3.05, 3.63) is 30.1 Å². The van der Waals surface area contributed by atoms with Gasteiger partial charge >= 0.3 is 5.97 Å². The van der Waals surface area contributed by atoms with Gasteiger partial charge in [0.25, 0.3) is 0 Å². The minimum atomic E-state index is -1.02. The summed E-state index contributed by atoms with van der Waals surface area (Å²) < 4.78 is 13.6. The van der Waals surface area contributed by atoms with Crippen LogP contribution in [0.3, 0.4) is 0 Å². The molecule has 1 fully saturated rings. The van der Waals surface area contributed by atoms with Crippen molar-refractivity contribution in [1.29, 1.82) is 0 Å². The second-order valence-electron chi connectivity index (χ2n) is 4.22. The molecule has 0 saturated carbocycles. The van der Waals surface area contributed by atoms with Crippen LogP contribution in [0.15, 0.2) is 24.3 Å². The normalized spacial score (nSPS) is 21.1. The fourth-order valence-corrected chi connectivity index (χ4v) is 1.99. The van der Waals surface area contributed by atoms with Crippen LogP contribution in [0, 0.1) is 5.82 Å². The molecule has 1 N–H and O–H groups in total. The third kappa shape index (κ3) is 2.19. The molecule has 1 aromatic rings. The van der Waals surface area contributed by atoms with Gasteiger partial charge in [-0.2, -0.15) is 0 Å². The van der Waals surface area contributed by atoms with Crippen LogP contribution in [0.5, 0.6) is 0 Å². The summed E-state index contributed by atoms with van der Waals surface area (Å²) in [7, 11) is 1.56. The molecule has 1 aromatic carbocycles. The van der Waals surface area contributed by atoms with Crippen LogP contribution in [-0.2, 0) is 9.59 Å². The molecule has 1 aliphatic heterocycles. The maximum atomic E-state index is 13.6. The van der Waals surface area contributed by atoms with E-state index < -0.39 is 17.8 Å². The number of amides is 1. The monoisotopic (exact) mass is 252 g/mol. The second-order valence-corrected chi connectivity index (χ2v) is 4.22.